The van der Waals surface area contributed by atoms with Gasteiger partial charge in [0.1, 0.15) is 11.5 Å². The van der Waals surface area contributed by atoms with Crippen molar-refractivity contribution in [1.29, 1.82) is 0 Å². The predicted octanol–water partition coefficient (Wildman–Crippen LogP) is 5.50. The molecule has 7 heteroatoms. The number of ether oxygens (including phenoxy) is 4. The zero-order valence-corrected chi connectivity index (χ0v) is 18.4. The summed E-state index contributed by atoms with van der Waals surface area (Å²) in [7, 11) is 3.09. The molecule has 1 aliphatic heterocycles. The Morgan fingerprint density at radius 1 is 1.00 bits per heavy atom. The number of carbonyl (C=O) groups excluding carboxylic acids is 2. The van der Waals surface area contributed by atoms with Crippen molar-refractivity contribution in [3.05, 3.63) is 87.6 Å². The molecular weight excluding hydrogens is 432 g/mol. The summed E-state index contributed by atoms with van der Waals surface area (Å²) in [5, 5.41) is 0.293. The van der Waals surface area contributed by atoms with Crippen molar-refractivity contribution < 1.29 is 28.5 Å². The van der Waals surface area contributed by atoms with Crippen molar-refractivity contribution in [3.63, 3.8) is 0 Å². The van der Waals surface area contributed by atoms with E-state index in [2.05, 4.69) is 0 Å². The average molecular weight is 451 g/mol. The van der Waals surface area contributed by atoms with Gasteiger partial charge in [-0.05, 0) is 54.5 Å². The summed E-state index contributed by atoms with van der Waals surface area (Å²) in [6.45, 7) is 1.76. The molecule has 3 aromatic rings. The number of rotatable bonds is 5. The molecule has 0 aliphatic carbocycles. The van der Waals surface area contributed by atoms with Crippen LogP contribution in [-0.4, -0.2) is 26.0 Å². The number of methoxy groups -OCH3 is 2. The van der Waals surface area contributed by atoms with Crippen LogP contribution < -0.4 is 18.9 Å². The Hall–Kier alpha value is -3.77. The third-order valence-electron chi connectivity index (χ3n) is 4.95. The highest BCUT2D eigenvalue weighted by Crippen LogP contribution is 2.38. The first-order chi connectivity index (χ1) is 15.4. The minimum absolute atomic E-state index is 0.157. The largest absolute Gasteiger partial charge is 0.493 e. The first-order valence-electron chi connectivity index (χ1n) is 9.69. The molecule has 1 heterocycles. The fourth-order valence-corrected chi connectivity index (χ4v) is 3.63. The molecule has 0 saturated carbocycles. The number of allylic oxidation sites excluding steroid dienone is 1. The lowest BCUT2D eigenvalue weighted by Crippen LogP contribution is -2.09. The molecule has 6 nitrogen and oxygen atoms in total. The highest BCUT2D eigenvalue weighted by Gasteiger charge is 2.30. The van der Waals surface area contributed by atoms with Crippen LogP contribution >= 0.6 is 11.6 Å². The fraction of sp³-hybridized carbons (Fsp3) is 0.120. The third-order valence-corrected chi connectivity index (χ3v) is 5.28. The van der Waals surface area contributed by atoms with E-state index in [0.717, 1.165) is 0 Å². The van der Waals surface area contributed by atoms with Crippen molar-refractivity contribution in [3.8, 4) is 23.0 Å². The number of benzene rings is 3. The van der Waals surface area contributed by atoms with Crippen LogP contribution in [0.3, 0.4) is 0 Å². The molecule has 0 amide bonds. The number of ketones is 1. The first kappa shape index (κ1) is 21.5. The zero-order valence-electron chi connectivity index (χ0n) is 17.6. The SMILES string of the molecule is COc1ccc(/C=C2\Oc3cc(OC(=O)c4ccccc4Cl)cc(C)c3C2=O)cc1OC. The van der Waals surface area contributed by atoms with Gasteiger partial charge in [-0.25, -0.2) is 4.79 Å². The summed E-state index contributed by atoms with van der Waals surface area (Å²) in [5.74, 6) is 1.00. The third kappa shape index (κ3) is 4.05. The van der Waals surface area contributed by atoms with Crippen LogP contribution in [0.15, 0.2) is 60.4 Å². The van der Waals surface area contributed by atoms with Gasteiger partial charge in [0.2, 0.25) is 5.78 Å². The summed E-state index contributed by atoms with van der Waals surface area (Å²) in [4.78, 5) is 25.4. The molecule has 0 unspecified atom stereocenters. The quantitative estimate of drug-likeness (QED) is 0.290. The van der Waals surface area contributed by atoms with Crippen molar-refractivity contribution in [1.82, 2.24) is 0 Å². The average Bonchev–Trinajstić information content (AvgIpc) is 3.09. The summed E-state index contributed by atoms with van der Waals surface area (Å²) >= 11 is 6.07. The van der Waals surface area contributed by atoms with E-state index in [0.29, 0.717) is 39.0 Å². The molecule has 0 aromatic heterocycles. The normalized spacial score (nSPS) is 13.5. The highest BCUT2D eigenvalue weighted by molar-refractivity contribution is 6.33. The predicted molar refractivity (Wildman–Crippen MR) is 120 cm³/mol. The van der Waals surface area contributed by atoms with Crippen molar-refractivity contribution in [2.75, 3.05) is 14.2 Å². The van der Waals surface area contributed by atoms with Gasteiger partial charge < -0.3 is 18.9 Å². The van der Waals surface area contributed by atoms with E-state index in [9.17, 15) is 9.59 Å². The van der Waals surface area contributed by atoms with E-state index in [1.54, 1.807) is 68.6 Å². The van der Waals surface area contributed by atoms with Crippen LogP contribution in [-0.2, 0) is 0 Å². The monoisotopic (exact) mass is 450 g/mol. The number of carbonyl (C=O) groups is 2. The van der Waals surface area contributed by atoms with Gasteiger partial charge >= 0.3 is 5.97 Å². The molecule has 1 aliphatic rings. The lowest BCUT2D eigenvalue weighted by molar-refractivity contribution is 0.0734. The van der Waals surface area contributed by atoms with E-state index in [4.69, 9.17) is 30.5 Å². The van der Waals surface area contributed by atoms with Gasteiger partial charge in [0.05, 0.1) is 30.4 Å². The second-order valence-corrected chi connectivity index (χ2v) is 7.44. The maximum Gasteiger partial charge on any atom is 0.345 e. The molecule has 0 spiro atoms. The Labute approximate surface area is 189 Å². The Morgan fingerprint density at radius 2 is 1.75 bits per heavy atom. The van der Waals surface area contributed by atoms with E-state index >= 15 is 0 Å². The summed E-state index contributed by atoms with van der Waals surface area (Å²) in [5.41, 5.74) is 2.01. The molecule has 4 rings (SSSR count). The lowest BCUT2D eigenvalue weighted by Gasteiger charge is -2.08. The van der Waals surface area contributed by atoms with Crippen LogP contribution in [0.5, 0.6) is 23.0 Å². The molecule has 0 radical (unpaired) electrons. The standard InChI is InChI=1S/C25H19ClO6/c1-14-10-16(31-25(28)17-6-4-5-7-18(17)26)13-21-23(14)24(27)22(32-21)12-15-8-9-19(29-2)20(11-15)30-3/h4-13H,1-3H3/b22-12-. The maximum absolute atomic E-state index is 12.9. The molecule has 0 fully saturated rings. The van der Waals surface area contributed by atoms with Crippen LogP contribution in [0, 0.1) is 6.92 Å². The van der Waals surface area contributed by atoms with E-state index < -0.39 is 5.97 Å². The second kappa shape index (κ2) is 8.77. The number of hydrogen-bond acceptors (Lipinski definition) is 6. The van der Waals surface area contributed by atoms with E-state index in [1.165, 1.54) is 13.2 Å². The van der Waals surface area contributed by atoms with Gasteiger partial charge in [0.25, 0.3) is 0 Å². The summed E-state index contributed by atoms with van der Waals surface area (Å²) in [6, 6.07) is 15.0. The van der Waals surface area contributed by atoms with Crippen LogP contribution in [0.25, 0.3) is 6.08 Å². The van der Waals surface area contributed by atoms with Gasteiger partial charge in [-0.15, -0.1) is 0 Å². The number of esters is 1. The molecule has 32 heavy (non-hydrogen) atoms. The van der Waals surface area contributed by atoms with E-state index in [-0.39, 0.29) is 22.9 Å². The number of fused-ring (bicyclic) bond motifs is 1. The number of halogens is 1. The van der Waals surface area contributed by atoms with Gasteiger partial charge in [0.15, 0.2) is 17.3 Å². The first-order valence-corrected chi connectivity index (χ1v) is 10.1. The number of Topliss-reactive ketones (excluding diaryl/α,β-unsaturated/α-hetero) is 1. The molecule has 0 N–H and O–H groups in total. The smallest absolute Gasteiger partial charge is 0.345 e. The van der Waals surface area contributed by atoms with Gasteiger partial charge in [-0.3, -0.25) is 4.79 Å². The lowest BCUT2D eigenvalue weighted by atomic mass is 10.0. The van der Waals surface area contributed by atoms with Crippen molar-refractivity contribution in [2.24, 2.45) is 0 Å². The van der Waals surface area contributed by atoms with Crippen molar-refractivity contribution in [2.45, 2.75) is 6.92 Å². The Morgan fingerprint density at radius 3 is 2.47 bits per heavy atom. The molecule has 162 valence electrons. The fourth-order valence-electron chi connectivity index (χ4n) is 3.42. The summed E-state index contributed by atoms with van der Waals surface area (Å²) < 4.78 is 21.8. The molecule has 0 atom stereocenters. The van der Waals surface area contributed by atoms with Crippen LogP contribution in [0.2, 0.25) is 5.02 Å². The van der Waals surface area contributed by atoms with Gasteiger partial charge in [-0.1, -0.05) is 29.8 Å². The van der Waals surface area contributed by atoms with E-state index in [1.807, 2.05) is 0 Å². The van der Waals surface area contributed by atoms with Crippen LogP contribution in [0.4, 0.5) is 0 Å². The minimum atomic E-state index is -0.597. The van der Waals surface area contributed by atoms with Crippen LogP contribution in [0.1, 0.15) is 31.8 Å². The topological polar surface area (TPSA) is 71.1 Å². The number of hydrogen-bond donors (Lipinski definition) is 0. The van der Waals surface area contributed by atoms with Crippen molar-refractivity contribution >= 4 is 29.4 Å². The minimum Gasteiger partial charge on any atom is -0.493 e. The molecule has 3 aromatic carbocycles. The molecule has 0 saturated heterocycles. The van der Waals surface area contributed by atoms with Gasteiger partial charge in [0, 0.05) is 6.07 Å². The Balaban J connectivity index is 1.61. The Bertz CT molecular complexity index is 1260. The molecular formula is C25H19ClO6. The molecule has 0 bridgehead atoms. The second-order valence-electron chi connectivity index (χ2n) is 7.04. The van der Waals surface area contributed by atoms with Gasteiger partial charge in [-0.2, -0.15) is 0 Å². The summed E-state index contributed by atoms with van der Waals surface area (Å²) in [6.07, 6.45) is 1.62. The Kier molecular flexibility index (Phi) is 5.88. The number of aryl methyl sites for hydroxylation is 1. The highest BCUT2D eigenvalue weighted by atomic mass is 35.5. The zero-order chi connectivity index (χ0) is 22.8. The maximum atomic E-state index is 12.9.